The molecule has 1 amide bonds. The van der Waals surface area contributed by atoms with E-state index in [0.717, 1.165) is 5.56 Å². The number of non-ortho nitro benzene ring substituents is 1. The summed E-state index contributed by atoms with van der Waals surface area (Å²) in [5.41, 5.74) is 0.801. The van der Waals surface area contributed by atoms with Gasteiger partial charge < -0.3 is 10.0 Å². The second-order valence-corrected chi connectivity index (χ2v) is 4.40. The van der Waals surface area contributed by atoms with Crippen molar-refractivity contribution >= 4 is 17.6 Å². The van der Waals surface area contributed by atoms with Gasteiger partial charge in [-0.1, -0.05) is 12.1 Å². The lowest BCUT2D eigenvalue weighted by molar-refractivity contribution is -0.384. The molecule has 0 spiro atoms. The molecule has 0 fully saturated rings. The van der Waals surface area contributed by atoms with E-state index in [2.05, 4.69) is 0 Å². The predicted octanol–water partition coefficient (Wildman–Crippen LogP) is 1.46. The average Bonchev–Trinajstić information content (AvgIpc) is 2.38. The second kappa shape index (κ2) is 6.65. The molecule has 1 unspecified atom stereocenters. The molecule has 0 saturated carbocycles. The van der Waals surface area contributed by atoms with Crippen LogP contribution in [0.5, 0.6) is 0 Å². The van der Waals surface area contributed by atoms with Gasteiger partial charge in [0.1, 0.15) is 6.04 Å². The number of aliphatic carboxylic acids is 1. The lowest BCUT2D eigenvalue weighted by Gasteiger charge is -2.25. The maximum absolute atomic E-state index is 11.4. The Morgan fingerprint density at radius 1 is 1.35 bits per heavy atom. The monoisotopic (exact) mass is 280 g/mol. The summed E-state index contributed by atoms with van der Waals surface area (Å²) in [6.07, 6.45) is 0.440. The molecule has 1 rings (SSSR count). The van der Waals surface area contributed by atoms with Gasteiger partial charge in [-0.3, -0.25) is 14.9 Å². The minimum absolute atomic E-state index is 0.00363. The quantitative estimate of drug-likeness (QED) is 0.628. The Labute approximate surface area is 116 Å². The van der Waals surface area contributed by atoms with E-state index in [1.165, 1.54) is 30.9 Å². The largest absolute Gasteiger partial charge is 0.480 e. The fourth-order valence-corrected chi connectivity index (χ4v) is 1.79. The van der Waals surface area contributed by atoms with E-state index >= 15 is 0 Å². The highest BCUT2D eigenvalue weighted by atomic mass is 16.6. The van der Waals surface area contributed by atoms with Crippen molar-refractivity contribution in [3.05, 3.63) is 39.9 Å². The number of carboxylic acids is 1. The normalized spacial score (nSPS) is 11.7. The van der Waals surface area contributed by atoms with Gasteiger partial charge >= 0.3 is 5.97 Å². The van der Waals surface area contributed by atoms with Gasteiger partial charge in [0.15, 0.2) is 0 Å². The van der Waals surface area contributed by atoms with Gasteiger partial charge in [0, 0.05) is 25.6 Å². The second-order valence-electron chi connectivity index (χ2n) is 4.40. The molecule has 0 bridgehead atoms. The molecule has 108 valence electrons. The number of nitro groups is 1. The Morgan fingerprint density at radius 2 is 1.90 bits per heavy atom. The van der Waals surface area contributed by atoms with Gasteiger partial charge in [-0.25, -0.2) is 4.79 Å². The maximum atomic E-state index is 11.4. The van der Waals surface area contributed by atoms with Crippen LogP contribution in [0.15, 0.2) is 24.3 Å². The van der Waals surface area contributed by atoms with E-state index in [-0.39, 0.29) is 18.1 Å². The van der Waals surface area contributed by atoms with Crippen LogP contribution in [0.1, 0.15) is 19.4 Å². The summed E-state index contributed by atoms with van der Waals surface area (Å²) in [4.78, 5) is 33.6. The first-order chi connectivity index (χ1) is 9.32. The summed E-state index contributed by atoms with van der Waals surface area (Å²) in [6.45, 7) is 3.01. The van der Waals surface area contributed by atoms with E-state index < -0.39 is 16.9 Å². The number of hydrogen-bond donors (Lipinski definition) is 1. The molecule has 7 nitrogen and oxygen atoms in total. The maximum Gasteiger partial charge on any atom is 0.326 e. The van der Waals surface area contributed by atoms with Crippen LogP contribution in [0, 0.1) is 10.1 Å². The number of carbonyl (C=O) groups excluding carboxylic acids is 1. The Balaban J connectivity index is 2.70. The Bertz CT molecular complexity index is 512. The van der Waals surface area contributed by atoms with Crippen LogP contribution in [0.3, 0.4) is 0 Å². The highest BCUT2D eigenvalue weighted by Crippen LogP contribution is 2.13. The zero-order valence-corrected chi connectivity index (χ0v) is 11.3. The minimum Gasteiger partial charge on any atom is -0.480 e. The lowest BCUT2D eigenvalue weighted by atomic mass is 10.1. The fourth-order valence-electron chi connectivity index (χ4n) is 1.79. The number of nitro benzene ring substituents is 1. The number of nitrogens with zero attached hydrogens (tertiary/aromatic N) is 2. The summed E-state index contributed by atoms with van der Waals surface area (Å²) < 4.78 is 0. The molecule has 20 heavy (non-hydrogen) atoms. The highest BCUT2D eigenvalue weighted by Gasteiger charge is 2.22. The predicted molar refractivity (Wildman–Crippen MR) is 71.3 cm³/mol. The topological polar surface area (TPSA) is 101 Å². The Morgan fingerprint density at radius 3 is 2.30 bits per heavy atom. The van der Waals surface area contributed by atoms with Crippen molar-refractivity contribution in [1.82, 2.24) is 4.90 Å². The zero-order chi connectivity index (χ0) is 15.3. The van der Waals surface area contributed by atoms with Gasteiger partial charge in [-0.05, 0) is 18.9 Å². The molecule has 0 aromatic heterocycles. The van der Waals surface area contributed by atoms with Crippen LogP contribution < -0.4 is 0 Å². The first-order valence-electron chi connectivity index (χ1n) is 6.06. The van der Waals surface area contributed by atoms with Crippen LogP contribution in [-0.2, 0) is 16.0 Å². The molecule has 7 heteroatoms. The third kappa shape index (κ3) is 4.04. The van der Waals surface area contributed by atoms with Gasteiger partial charge in [-0.2, -0.15) is 0 Å². The van der Waals surface area contributed by atoms with Gasteiger partial charge in [0.05, 0.1) is 4.92 Å². The van der Waals surface area contributed by atoms with Crippen molar-refractivity contribution in [2.75, 3.05) is 6.54 Å². The number of carbonyl (C=O) groups is 2. The molecule has 0 heterocycles. The van der Waals surface area contributed by atoms with Gasteiger partial charge in [-0.15, -0.1) is 0 Å². The zero-order valence-electron chi connectivity index (χ0n) is 11.3. The molecule has 1 N–H and O–H groups in total. The minimum atomic E-state index is -1.07. The Hall–Kier alpha value is -2.44. The number of benzene rings is 1. The smallest absolute Gasteiger partial charge is 0.326 e. The number of hydrogen-bond acceptors (Lipinski definition) is 4. The first-order valence-corrected chi connectivity index (χ1v) is 6.06. The molecule has 1 aromatic carbocycles. The van der Waals surface area contributed by atoms with E-state index in [4.69, 9.17) is 5.11 Å². The molecule has 0 saturated heterocycles. The van der Waals surface area contributed by atoms with Crippen molar-refractivity contribution in [3.8, 4) is 0 Å². The van der Waals surface area contributed by atoms with Gasteiger partial charge in [0.25, 0.3) is 5.69 Å². The van der Waals surface area contributed by atoms with Crippen molar-refractivity contribution in [2.24, 2.45) is 0 Å². The van der Waals surface area contributed by atoms with Crippen molar-refractivity contribution in [3.63, 3.8) is 0 Å². The van der Waals surface area contributed by atoms with Crippen molar-refractivity contribution in [2.45, 2.75) is 26.3 Å². The summed E-state index contributed by atoms with van der Waals surface area (Å²) >= 11 is 0. The molecule has 0 aliphatic rings. The molecular formula is C13H16N2O5. The summed E-state index contributed by atoms with van der Waals surface area (Å²) in [5.74, 6) is -1.38. The molecule has 1 aromatic rings. The standard InChI is InChI=1S/C13H16N2O5/c1-9(13(17)18)14(10(2)16)8-7-11-3-5-12(6-4-11)15(19)20/h3-6,9H,7-8H2,1-2H3,(H,17,18). The SMILES string of the molecule is CC(=O)N(CCc1ccc([N+](=O)[O-])cc1)C(C)C(=O)O. The lowest BCUT2D eigenvalue weighted by Crippen LogP contribution is -2.43. The van der Waals surface area contributed by atoms with Crippen LogP contribution in [-0.4, -0.2) is 39.4 Å². The first kappa shape index (κ1) is 15.6. The van der Waals surface area contributed by atoms with Crippen molar-refractivity contribution < 1.29 is 19.6 Å². The van der Waals surface area contributed by atoms with E-state index in [1.54, 1.807) is 12.1 Å². The van der Waals surface area contributed by atoms with Crippen LogP contribution in [0.25, 0.3) is 0 Å². The third-order valence-electron chi connectivity index (χ3n) is 3.02. The van der Waals surface area contributed by atoms with Gasteiger partial charge in [0.2, 0.25) is 5.91 Å². The number of amides is 1. The van der Waals surface area contributed by atoms with Crippen LogP contribution >= 0.6 is 0 Å². The average molecular weight is 280 g/mol. The molecule has 0 aliphatic carbocycles. The fraction of sp³-hybridized carbons (Fsp3) is 0.385. The Kier molecular flexibility index (Phi) is 5.19. The third-order valence-corrected chi connectivity index (χ3v) is 3.02. The number of rotatable bonds is 6. The van der Waals surface area contributed by atoms with Crippen LogP contribution in [0.2, 0.25) is 0 Å². The molecule has 0 radical (unpaired) electrons. The summed E-state index contributed by atoms with van der Waals surface area (Å²) in [7, 11) is 0. The van der Waals surface area contributed by atoms with Crippen molar-refractivity contribution in [1.29, 1.82) is 0 Å². The van der Waals surface area contributed by atoms with Crippen LogP contribution in [0.4, 0.5) is 5.69 Å². The summed E-state index contributed by atoms with van der Waals surface area (Å²) in [6, 6.07) is 5.07. The molecule has 1 atom stereocenters. The number of carboxylic acid groups (broad SMARTS) is 1. The summed E-state index contributed by atoms with van der Waals surface area (Å²) in [5, 5.41) is 19.4. The van der Waals surface area contributed by atoms with E-state index in [0.29, 0.717) is 6.42 Å². The van der Waals surface area contributed by atoms with E-state index in [1.807, 2.05) is 0 Å². The van der Waals surface area contributed by atoms with E-state index in [9.17, 15) is 19.7 Å². The molecular weight excluding hydrogens is 264 g/mol. The highest BCUT2D eigenvalue weighted by molar-refractivity contribution is 5.81. The molecule has 0 aliphatic heterocycles.